The van der Waals surface area contributed by atoms with Crippen LogP contribution in [0.3, 0.4) is 0 Å². The zero-order valence-corrected chi connectivity index (χ0v) is 14.9. The molecule has 0 unspecified atom stereocenters. The van der Waals surface area contributed by atoms with Crippen molar-refractivity contribution in [2.24, 2.45) is 14.1 Å². The van der Waals surface area contributed by atoms with Crippen LogP contribution in [0.25, 0.3) is 0 Å². The first-order chi connectivity index (χ1) is 12.5. The Bertz CT molecular complexity index is 932. The lowest BCUT2D eigenvalue weighted by Gasteiger charge is -2.29. The number of carbonyl (C=O) groups is 1. The number of nitrogens with zero attached hydrogens (tertiary/aromatic N) is 3. The summed E-state index contributed by atoms with van der Waals surface area (Å²) in [6.07, 6.45) is 2.28. The maximum absolute atomic E-state index is 12.1. The Labute approximate surface area is 150 Å². The van der Waals surface area contributed by atoms with Crippen molar-refractivity contribution < 1.29 is 9.53 Å². The molecule has 1 aliphatic heterocycles. The maximum atomic E-state index is 12.1. The number of nitrogens with one attached hydrogen (secondary N) is 1. The predicted molar refractivity (Wildman–Crippen MR) is 97.5 cm³/mol. The lowest BCUT2D eigenvalue weighted by Crippen LogP contribution is -2.41. The number of fused-ring (bicyclic) bond motifs is 1. The minimum Gasteiger partial charge on any atom is -0.482 e. The first kappa shape index (κ1) is 17.9. The monoisotopic (exact) mass is 358 g/mol. The van der Waals surface area contributed by atoms with E-state index >= 15 is 0 Å². The van der Waals surface area contributed by atoms with E-state index in [0.717, 1.165) is 16.7 Å². The summed E-state index contributed by atoms with van der Waals surface area (Å²) in [7, 11) is 3.09. The van der Waals surface area contributed by atoms with Gasteiger partial charge in [-0.3, -0.25) is 14.2 Å². The molecule has 0 saturated carbocycles. The number of para-hydroxylation sites is 2. The lowest BCUT2D eigenvalue weighted by atomic mass is 10.2. The Hall–Kier alpha value is -2.87. The highest BCUT2D eigenvalue weighted by Gasteiger charge is 2.24. The molecular formula is C18H22N4O4. The normalized spacial score (nSPS) is 13.5. The summed E-state index contributed by atoms with van der Waals surface area (Å²) >= 11 is 0. The van der Waals surface area contributed by atoms with E-state index in [0.29, 0.717) is 30.9 Å². The van der Waals surface area contributed by atoms with Crippen molar-refractivity contribution in [1.29, 1.82) is 0 Å². The van der Waals surface area contributed by atoms with Crippen molar-refractivity contribution in [1.82, 2.24) is 14.5 Å². The molecule has 8 nitrogen and oxygen atoms in total. The van der Waals surface area contributed by atoms with E-state index < -0.39 is 0 Å². The number of ether oxygens (including phenoxy) is 1. The number of benzene rings is 1. The van der Waals surface area contributed by atoms with Crippen molar-refractivity contribution in [3.05, 3.63) is 56.9 Å². The average Bonchev–Trinajstić information content (AvgIpc) is 2.65. The highest BCUT2D eigenvalue weighted by atomic mass is 16.5. The number of aryl methyl sites for hydroxylation is 1. The maximum Gasteiger partial charge on any atom is 0.330 e. The Morgan fingerprint density at radius 3 is 2.73 bits per heavy atom. The van der Waals surface area contributed by atoms with Gasteiger partial charge in [0.15, 0.2) is 6.61 Å². The molecular weight excluding hydrogens is 336 g/mol. The molecule has 1 amide bonds. The van der Waals surface area contributed by atoms with E-state index in [-0.39, 0.29) is 23.8 Å². The Balaban J connectivity index is 1.55. The standard InChI is InChI=1S/C18H22N4O4/c1-20-11-13(17(24)21(2)18(20)25)10-19-8-5-9-22-14-6-3-4-7-15(14)26-12-16(22)23/h3-4,6-7,11,19H,5,8-10,12H2,1-2H3. The molecule has 2 heterocycles. The number of rotatable bonds is 6. The number of carbonyl (C=O) groups excluding carboxylic acids is 1. The lowest BCUT2D eigenvalue weighted by molar-refractivity contribution is -0.121. The molecule has 0 radical (unpaired) electrons. The first-order valence-electron chi connectivity index (χ1n) is 8.47. The molecule has 2 aromatic rings. The predicted octanol–water partition coefficient (Wildman–Crippen LogP) is -0.0107. The third-order valence-corrected chi connectivity index (χ3v) is 4.38. The van der Waals surface area contributed by atoms with E-state index in [4.69, 9.17) is 4.74 Å². The van der Waals surface area contributed by atoms with Crippen molar-refractivity contribution in [3.8, 4) is 5.75 Å². The molecule has 138 valence electrons. The molecule has 3 rings (SSSR count). The summed E-state index contributed by atoms with van der Waals surface area (Å²) in [5.74, 6) is 0.657. The van der Waals surface area contributed by atoms with Gasteiger partial charge in [0, 0.05) is 38.9 Å². The van der Waals surface area contributed by atoms with Crippen LogP contribution in [-0.4, -0.2) is 34.7 Å². The number of hydrogen-bond acceptors (Lipinski definition) is 5. The summed E-state index contributed by atoms with van der Waals surface area (Å²) < 4.78 is 7.91. The molecule has 0 fully saturated rings. The highest BCUT2D eigenvalue weighted by Crippen LogP contribution is 2.31. The molecule has 1 aromatic carbocycles. The van der Waals surface area contributed by atoms with Crippen LogP contribution in [0, 0.1) is 0 Å². The molecule has 1 aliphatic rings. The molecule has 0 bridgehead atoms. The van der Waals surface area contributed by atoms with E-state index in [1.54, 1.807) is 18.1 Å². The number of aromatic nitrogens is 2. The fourth-order valence-electron chi connectivity index (χ4n) is 2.99. The van der Waals surface area contributed by atoms with Gasteiger partial charge < -0.3 is 19.5 Å². The number of amides is 1. The molecule has 0 saturated heterocycles. The summed E-state index contributed by atoms with van der Waals surface area (Å²) in [6.45, 7) is 1.63. The second-order valence-electron chi connectivity index (χ2n) is 6.24. The zero-order valence-electron chi connectivity index (χ0n) is 14.9. The van der Waals surface area contributed by atoms with Gasteiger partial charge in [-0.1, -0.05) is 12.1 Å². The van der Waals surface area contributed by atoms with Crippen molar-refractivity contribution in [2.45, 2.75) is 13.0 Å². The summed E-state index contributed by atoms with van der Waals surface area (Å²) in [4.78, 5) is 37.6. The molecule has 26 heavy (non-hydrogen) atoms. The minimum atomic E-state index is -0.344. The van der Waals surface area contributed by atoms with Crippen LogP contribution in [0.4, 0.5) is 5.69 Å². The van der Waals surface area contributed by atoms with E-state index in [9.17, 15) is 14.4 Å². The first-order valence-corrected chi connectivity index (χ1v) is 8.47. The van der Waals surface area contributed by atoms with Crippen LogP contribution in [-0.2, 0) is 25.4 Å². The van der Waals surface area contributed by atoms with Crippen LogP contribution in [0.1, 0.15) is 12.0 Å². The second-order valence-corrected chi connectivity index (χ2v) is 6.24. The van der Waals surface area contributed by atoms with Gasteiger partial charge in [0.05, 0.1) is 5.69 Å². The zero-order chi connectivity index (χ0) is 18.7. The highest BCUT2D eigenvalue weighted by molar-refractivity contribution is 5.97. The van der Waals surface area contributed by atoms with Crippen LogP contribution in [0.2, 0.25) is 0 Å². The SMILES string of the molecule is Cn1cc(CNCCCN2C(=O)COc3ccccc32)c(=O)n(C)c1=O. The fourth-order valence-corrected chi connectivity index (χ4v) is 2.99. The molecule has 1 N–H and O–H groups in total. The van der Waals surface area contributed by atoms with Crippen LogP contribution in [0.5, 0.6) is 5.75 Å². The topological polar surface area (TPSA) is 85.6 Å². The molecule has 8 heteroatoms. The van der Waals surface area contributed by atoms with Crippen molar-refractivity contribution in [3.63, 3.8) is 0 Å². The van der Waals surface area contributed by atoms with Gasteiger partial charge in [0.1, 0.15) is 5.75 Å². The van der Waals surface area contributed by atoms with Gasteiger partial charge in [-0.05, 0) is 25.1 Å². The second kappa shape index (κ2) is 7.57. The Morgan fingerprint density at radius 1 is 1.15 bits per heavy atom. The van der Waals surface area contributed by atoms with Gasteiger partial charge in [0.2, 0.25) is 0 Å². The van der Waals surface area contributed by atoms with Gasteiger partial charge in [-0.2, -0.15) is 0 Å². The smallest absolute Gasteiger partial charge is 0.330 e. The molecule has 1 aromatic heterocycles. The van der Waals surface area contributed by atoms with Gasteiger partial charge in [-0.25, -0.2) is 4.79 Å². The van der Waals surface area contributed by atoms with E-state index in [1.165, 1.54) is 11.6 Å². The number of anilines is 1. The average molecular weight is 358 g/mol. The quantitative estimate of drug-likeness (QED) is 0.734. The summed E-state index contributed by atoms with van der Waals surface area (Å²) in [6, 6.07) is 7.47. The van der Waals surface area contributed by atoms with Crippen molar-refractivity contribution in [2.75, 3.05) is 24.6 Å². The molecule has 0 aliphatic carbocycles. The third kappa shape index (κ3) is 3.55. The largest absolute Gasteiger partial charge is 0.482 e. The van der Waals surface area contributed by atoms with E-state index in [1.807, 2.05) is 24.3 Å². The summed E-state index contributed by atoms with van der Waals surface area (Å²) in [5, 5.41) is 3.20. The fraction of sp³-hybridized carbons (Fsp3) is 0.389. The number of hydrogen-bond donors (Lipinski definition) is 1. The molecule has 0 atom stereocenters. The minimum absolute atomic E-state index is 0.0541. The van der Waals surface area contributed by atoms with Crippen LogP contribution in [0.15, 0.2) is 40.1 Å². The third-order valence-electron chi connectivity index (χ3n) is 4.38. The van der Waals surface area contributed by atoms with Gasteiger partial charge in [0.25, 0.3) is 11.5 Å². The van der Waals surface area contributed by atoms with Crippen molar-refractivity contribution >= 4 is 11.6 Å². The van der Waals surface area contributed by atoms with E-state index in [2.05, 4.69) is 5.32 Å². The summed E-state index contributed by atoms with van der Waals surface area (Å²) in [5.41, 5.74) is 0.680. The van der Waals surface area contributed by atoms with Crippen LogP contribution >= 0.6 is 0 Å². The molecule has 0 spiro atoms. The Kier molecular flexibility index (Phi) is 5.22. The van der Waals surface area contributed by atoms with Crippen LogP contribution < -0.4 is 26.2 Å². The van der Waals surface area contributed by atoms with Gasteiger partial charge in [-0.15, -0.1) is 0 Å². The Morgan fingerprint density at radius 2 is 1.92 bits per heavy atom. The van der Waals surface area contributed by atoms with Gasteiger partial charge >= 0.3 is 5.69 Å².